The smallest absolute Gasteiger partial charge is 0.253 e. The molecule has 6 nitrogen and oxygen atoms in total. The Morgan fingerprint density at radius 1 is 1.43 bits per heavy atom. The molecular formula is C16H19FN4O2. The fourth-order valence-electron chi connectivity index (χ4n) is 2.14. The Morgan fingerprint density at radius 3 is 2.87 bits per heavy atom. The van der Waals surface area contributed by atoms with Crippen LogP contribution < -0.4 is 21.5 Å². The largest absolute Gasteiger partial charge is 0.476 e. The molecule has 5 N–H and O–H groups in total. The number of anilines is 1. The van der Waals surface area contributed by atoms with Crippen LogP contribution in [0, 0.1) is 5.82 Å². The van der Waals surface area contributed by atoms with E-state index in [1.807, 2.05) is 6.07 Å². The van der Waals surface area contributed by atoms with Crippen LogP contribution in [0.3, 0.4) is 0 Å². The minimum atomic E-state index is -0.675. The molecular weight excluding hydrogens is 299 g/mol. The summed E-state index contributed by atoms with van der Waals surface area (Å²) in [4.78, 5) is 15.9. The van der Waals surface area contributed by atoms with E-state index in [-0.39, 0.29) is 24.5 Å². The number of rotatable bonds is 6. The van der Waals surface area contributed by atoms with Crippen LogP contribution in [-0.2, 0) is 13.1 Å². The number of aromatic nitrogens is 1. The third kappa shape index (κ3) is 3.95. The minimum Gasteiger partial charge on any atom is -0.476 e. The van der Waals surface area contributed by atoms with Crippen molar-refractivity contribution in [1.82, 2.24) is 10.3 Å². The van der Waals surface area contributed by atoms with Crippen molar-refractivity contribution >= 4 is 11.6 Å². The predicted octanol–water partition coefficient (Wildman–Crippen LogP) is 1.59. The number of halogens is 1. The second kappa shape index (κ2) is 7.55. The molecule has 0 aliphatic heterocycles. The topological polar surface area (TPSA) is 103 Å². The van der Waals surface area contributed by atoms with Crippen molar-refractivity contribution in [2.45, 2.75) is 20.0 Å². The van der Waals surface area contributed by atoms with Crippen LogP contribution in [-0.4, -0.2) is 17.5 Å². The van der Waals surface area contributed by atoms with Crippen molar-refractivity contribution < 1.29 is 13.9 Å². The maximum atomic E-state index is 13.7. The van der Waals surface area contributed by atoms with Gasteiger partial charge in [-0.25, -0.2) is 9.37 Å². The second-order valence-electron chi connectivity index (χ2n) is 4.82. The molecule has 1 aromatic carbocycles. The molecule has 23 heavy (non-hydrogen) atoms. The quantitative estimate of drug-likeness (QED) is 0.702. The molecule has 2 aromatic rings. The Morgan fingerprint density at radius 2 is 2.22 bits per heavy atom. The summed E-state index contributed by atoms with van der Waals surface area (Å²) in [5.74, 6) is -1.23. The van der Waals surface area contributed by atoms with Gasteiger partial charge in [-0.3, -0.25) is 4.79 Å². The molecule has 0 aliphatic carbocycles. The van der Waals surface area contributed by atoms with Gasteiger partial charge in [0.05, 0.1) is 12.2 Å². The number of nitrogens with zero attached hydrogens (tertiary/aromatic N) is 1. The van der Waals surface area contributed by atoms with E-state index in [0.29, 0.717) is 12.3 Å². The Labute approximate surface area is 133 Å². The van der Waals surface area contributed by atoms with Gasteiger partial charge in [-0.05, 0) is 30.2 Å². The lowest BCUT2D eigenvalue weighted by Crippen LogP contribution is -2.24. The third-order valence-electron chi connectivity index (χ3n) is 3.30. The molecule has 0 bridgehead atoms. The van der Waals surface area contributed by atoms with E-state index < -0.39 is 11.7 Å². The average molecular weight is 318 g/mol. The summed E-state index contributed by atoms with van der Waals surface area (Å²) in [6, 6.07) is 6.46. The van der Waals surface area contributed by atoms with E-state index in [1.165, 1.54) is 6.20 Å². The van der Waals surface area contributed by atoms with E-state index >= 15 is 0 Å². The van der Waals surface area contributed by atoms with Crippen molar-refractivity contribution in [1.29, 1.82) is 0 Å². The fraction of sp³-hybridized carbons (Fsp3) is 0.250. The number of ether oxygens (including phenoxy) is 1. The zero-order valence-corrected chi connectivity index (χ0v) is 12.8. The molecule has 122 valence electrons. The first-order valence-corrected chi connectivity index (χ1v) is 7.19. The van der Waals surface area contributed by atoms with Crippen LogP contribution in [0.2, 0.25) is 0 Å². The lowest BCUT2D eigenvalue weighted by Gasteiger charge is -2.12. The number of pyridine rings is 1. The Bertz CT molecular complexity index is 706. The first-order chi connectivity index (χ1) is 11.1. The SMILES string of the molecule is CCOc1ncc(C(=O)NCc2cccc(N)c2CN)cc1F. The highest BCUT2D eigenvalue weighted by atomic mass is 19.1. The Hall–Kier alpha value is -2.67. The van der Waals surface area contributed by atoms with Gasteiger partial charge in [0.1, 0.15) is 0 Å². The van der Waals surface area contributed by atoms with Crippen molar-refractivity contribution in [2.24, 2.45) is 5.73 Å². The number of nitrogens with two attached hydrogens (primary N) is 2. The summed E-state index contributed by atoms with van der Waals surface area (Å²) in [7, 11) is 0. The molecule has 0 atom stereocenters. The molecule has 2 rings (SSSR count). The summed E-state index contributed by atoms with van der Waals surface area (Å²) in [5.41, 5.74) is 13.8. The number of nitrogens with one attached hydrogen (secondary N) is 1. The fourth-order valence-corrected chi connectivity index (χ4v) is 2.14. The van der Waals surface area contributed by atoms with Gasteiger partial charge in [0.25, 0.3) is 5.91 Å². The van der Waals surface area contributed by atoms with Crippen LogP contribution in [0.5, 0.6) is 5.88 Å². The van der Waals surface area contributed by atoms with Crippen molar-refractivity contribution in [3.63, 3.8) is 0 Å². The van der Waals surface area contributed by atoms with Gasteiger partial charge < -0.3 is 21.5 Å². The summed E-state index contributed by atoms with van der Waals surface area (Å²) >= 11 is 0. The molecule has 7 heteroatoms. The molecule has 0 radical (unpaired) electrons. The van der Waals surface area contributed by atoms with Crippen LogP contribution in [0.15, 0.2) is 30.5 Å². The maximum Gasteiger partial charge on any atom is 0.253 e. The minimum absolute atomic E-state index is 0.115. The Kier molecular flexibility index (Phi) is 5.48. The van der Waals surface area contributed by atoms with Gasteiger partial charge in [-0.1, -0.05) is 12.1 Å². The van der Waals surface area contributed by atoms with Gasteiger partial charge in [0.2, 0.25) is 5.88 Å². The van der Waals surface area contributed by atoms with E-state index in [0.717, 1.165) is 17.2 Å². The summed E-state index contributed by atoms with van der Waals surface area (Å²) in [6.07, 6.45) is 1.27. The third-order valence-corrected chi connectivity index (χ3v) is 3.30. The first-order valence-electron chi connectivity index (χ1n) is 7.19. The molecule has 0 saturated heterocycles. The monoisotopic (exact) mass is 318 g/mol. The van der Waals surface area contributed by atoms with Crippen LogP contribution in [0.25, 0.3) is 0 Å². The number of carbonyl (C=O) groups excluding carboxylic acids is 1. The molecule has 1 amide bonds. The van der Waals surface area contributed by atoms with Gasteiger partial charge in [-0.2, -0.15) is 0 Å². The lowest BCUT2D eigenvalue weighted by atomic mass is 10.1. The van der Waals surface area contributed by atoms with Gasteiger partial charge in [-0.15, -0.1) is 0 Å². The van der Waals surface area contributed by atoms with Crippen LogP contribution in [0.4, 0.5) is 10.1 Å². The number of amides is 1. The van der Waals surface area contributed by atoms with E-state index in [2.05, 4.69) is 10.3 Å². The number of carbonyl (C=O) groups is 1. The van der Waals surface area contributed by atoms with E-state index in [9.17, 15) is 9.18 Å². The second-order valence-corrected chi connectivity index (χ2v) is 4.82. The molecule has 0 aliphatic rings. The highest BCUT2D eigenvalue weighted by molar-refractivity contribution is 5.93. The van der Waals surface area contributed by atoms with Crippen LogP contribution in [0.1, 0.15) is 28.4 Å². The zero-order chi connectivity index (χ0) is 16.8. The lowest BCUT2D eigenvalue weighted by molar-refractivity contribution is 0.0950. The number of benzene rings is 1. The molecule has 0 unspecified atom stereocenters. The first kappa shape index (κ1) is 16.7. The van der Waals surface area contributed by atoms with Crippen molar-refractivity contribution in [2.75, 3.05) is 12.3 Å². The Balaban J connectivity index is 2.08. The highest BCUT2D eigenvalue weighted by Gasteiger charge is 2.12. The van der Waals surface area contributed by atoms with E-state index in [4.69, 9.17) is 16.2 Å². The van der Waals surface area contributed by atoms with Gasteiger partial charge >= 0.3 is 0 Å². The highest BCUT2D eigenvalue weighted by Crippen LogP contribution is 2.17. The van der Waals surface area contributed by atoms with Gasteiger partial charge in [0.15, 0.2) is 5.82 Å². The molecule has 1 aromatic heterocycles. The maximum absolute atomic E-state index is 13.7. The molecule has 0 saturated carbocycles. The summed E-state index contributed by atoms with van der Waals surface area (Å²) in [6.45, 7) is 2.54. The molecule has 0 fully saturated rings. The molecule has 1 heterocycles. The van der Waals surface area contributed by atoms with Crippen molar-refractivity contribution in [3.8, 4) is 5.88 Å². The number of nitrogen functional groups attached to an aromatic ring is 1. The summed E-state index contributed by atoms with van der Waals surface area (Å²) < 4.78 is 18.7. The standard InChI is InChI=1S/C16H19FN4O2/c1-2-23-16-13(17)6-11(9-21-16)15(22)20-8-10-4-3-5-14(19)12(10)7-18/h3-6,9H,2,7-8,18-19H2,1H3,(H,20,22). The predicted molar refractivity (Wildman–Crippen MR) is 85.3 cm³/mol. The number of hydrogen-bond acceptors (Lipinski definition) is 5. The normalized spacial score (nSPS) is 10.4. The average Bonchev–Trinajstić information content (AvgIpc) is 2.54. The number of hydrogen-bond donors (Lipinski definition) is 3. The summed E-state index contributed by atoms with van der Waals surface area (Å²) in [5, 5.41) is 2.70. The van der Waals surface area contributed by atoms with Gasteiger partial charge in [0, 0.05) is 25.0 Å². The van der Waals surface area contributed by atoms with Crippen molar-refractivity contribution in [3.05, 3.63) is 53.0 Å². The molecule has 0 spiro atoms. The zero-order valence-electron chi connectivity index (χ0n) is 12.8. The van der Waals surface area contributed by atoms with E-state index in [1.54, 1.807) is 19.1 Å². The van der Waals surface area contributed by atoms with Crippen LogP contribution >= 0.6 is 0 Å².